The molecule has 0 fully saturated rings. The molecule has 0 rings (SSSR count). The van der Waals surface area contributed by atoms with E-state index < -0.39 is 0 Å². The summed E-state index contributed by atoms with van der Waals surface area (Å²) in [6.07, 6.45) is 0.490. The Labute approximate surface area is 97.6 Å². The van der Waals surface area contributed by atoms with Crippen LogP contribution in [0.15, 0.2) is 0 Å². The second-order valence-electron chi connectivity index (χ2n) is 4.47. The van der Waals surface area contributed by atoms with Crippen molar-refractivity contribution in [2.75, 3.05) is 19.6 Å². The van der Waals surface area contributed by atoms with Gasteiger partial charge in [0.15, 0.2) is 0 Å². The highest BCUT2D eigenvalue weighted by Gasteiger charge is 2.16. The SMILES string of the molecule is CC(C)CN(CCC#N)CC(C)C(=O)NN. The predicted octanol–water partition coefficient (Wildman–Crippen LogP) is 0.484. The number of nitrogens with zero attached hydrogens (tertiary/aromatic N) is 2. The van der Waals surface area contributed by atoms with Gasteiger partial charge in [0.25, 0.3) is 0 Å². The van der Waals surface area contributed by atoms with Gasteiger partial charge in [-0.1, -0.05) is 20.8 Å². The van der Waals surface area contributed by atoms with Crippen molar-refractivity contribution in [3.05, 3.63) is 0 Å². The standard InChI is InChI=1S/C11H22N4O/c1-9(2)7-15(6-4-5-12)8-10(3)11(16)14-13/h9-10H,4,6-8,13H2,1-3H3,(H,14,16). The number of amides is 1. The fraction of sp³-hybridized carbons (Fsp3) is 0.818. The molecule has 5 nitrogen and oxygen atoms in total. The summed E-state index contributed by atoms with van der Waals surface area (Å²) >= 11 is 0. The van der Waals surface area contributed by atoms with Crippen LogP contribution in [0.3, 0.4) is 0 Å². The lowest BCUT2D eigenvalue weighted by atomic mass is 10.1. The lowest BCUT2D eigenvalue weighted by Gasteiger charge is -2.25. The van der Waals surface area contributed by atoms with Gasteiger partial charge in [-0.25, -0.2) is 5.84 Å². The Kier molecular flexibility index (Phi) is 7.52. The zero-order valence-corrected chi connectivity index (χ0v) is 10.4. The topological polar surface area (TPSA) is 82.2 Å². The molecule has 0 saturated heterocycles. The maximum Gasteiger partial charge on any atom is 0.237 e. The highest BCUT2D eigenvalue weighted by Crippen LogP contribution is 2.05. The first-order chi connectivity index (χ1) is 7.51. The molecular formula is C11H22N4O. The van der Waals surface area contributed by atoms with E-state index in [-0.39, 0.29) is 11.8 Å². The summed E-state index contributed by atoms with van der Waals surface area (Å²) in [6, 6.07) is 2.12. The highest BCUT2D eigenvalue weighted by molar-refractivity contribution is 5.77. The smallest absolute Gasteiger partial charge is 0.237 e. The van der Waals surface area contributed by atoms with Crippen molar-refractivity contribution in [2.24, 2.45) is 17.7 Å². The van der Waals surface area contributed by atoms with E-state index in [9.17, 15) is 4.79 Å². The number of hydrogen-bond donors (Lipinski definition) is 2. The van der Waals surface area contributed by atoms with E-state index >= 15 is 0 Å². The molecule has 0 aromatic rings. The van der Waals surface area contributed by atoms with E-state index in [1.807, 2.05) is 6.92 Å². The van der Waals surface area contributed by atoms with Gasteiger partial charge in [-0.3, -0.25) is 10.2 Å². The zero-order valence-electron chi connectivity index (χ0n) is 10.4. The Bertz CT molecular complexity index is 247. The maximum atomic E-state index is 11.3. The number of hydrogen-bond acceptors (Lipinski definition) is 4. The third kappa shape index (κ3) is 6.38. The Balaban J connectivity index is 4.19. The molecule has 0 aliphatic heterocycles. The van der Waals surface area contributed by atoms with Gasteiger partial charge in [-0.05, 0) is 5.92 Å². The summed E-state index contributed by atoms with van der Waals surface area (Å²) in [4.78, 5) is 13.4. The van der Waals surface area contributed by atoms with E-state index in [4.69, 9.17) is 11.1 Å². The van der Waals surface area contributed by atoms with Crippen LogP contribution in [0.5, 0.6) is 0 Å². The van der Waals surface area contributed by atoms with Gasteiger partial charge < -0.3 is 4.90 Å². The molecule has 92 valence electrons. The predicted molar refractivity (Wildman–Crippen MR) is 63.0 cm³/mol. The first kappa shape index (κ1) is 14.9. The third-order valence-corrected chi connectivity index (χ3v) is 2.29. The van der Waals surface area contributed by atoms with Crippen LogP contribution in [0.1, 0.15) is 27.2 Å². The van der Waals surface area contributed by atoms with Crippen LogP contribution in [0, 0.1) is 23.2 Å². The maximum absolute atomic E-state index is 11.3. The van der Waals surface area contributed by atoms with Gasteiger partial charge in [0.1, 0.15) is 0 Å². The molecular weight excluding hydrogens is 204 g/mol. The molecule has 0 aromatic heterocycles. The van der Waals surface area contributed by atoms with E-state index in [2.05, 4.69) is 30.2 Å². The first-order valence-corrected chi connectivity index (χ1v) is 5.61. The summed E-state index contributed by atoms with van der Waals surface area (Å²) < 4.78 is 0. The minimum absolute atomic E-state index is 0.151. The molecule has 3 N–H and O–H groups in total. The normalized spacial score (nSPS) is 12.6. The van der Waals surface area contributed by atoms with Crippen LogP contribution in [-0.2, 0) is 4.79 Å². The van der Waals surface area contributed by atoms with Gasteiger partial charge in [0.2, 0.25) is 5.91 Å². The molecule has 1 amide bonds. The van der Waals surface area contributed by atoms with E-state index in [0.717, 1.165) is 6.54 Å². The molecule has 5 heteroatoms. The highest BCUT2D eigenvalue weighted by atomic mass is 16.2. The summed E-state index contributed by atoms with van der Waals surface area (Å²) in [5.41, 5.74) is 2.15. The Morgan fingerprint density at radius 1 is 1.44 bits per heavy atom. The molecule has 0 saturated carbocycles. The molecule has 0 aromatic carbocycles. The lowest BCUT2D eigenvalue weighted by Crippen LogP contribution is -2.41. The Hall–Kier alpha value is -1.12. The average molecular weight is 226 g/mol. The van der Waals surface area contributed by atoms with Crippen molar-refractivity contribution in [3.63, 3.8) is 0 Å². The molecule has 0 aliphatic rings. The van der Waals surface area contributed by atoms with E-state index in [1.165, 1.54) is 0 Å². The molecule has 0 spiro atoms. The van der Waals surface area contributed by atoms with Crippen molar-refractivity contribution >= 4 is 5.91 Å². The second-order valence-corrected chi connectivity index (χ2v) is 4.47. The van der Waals surface area contributed by atoms with Gasteiger partial charge in [0.05, 0.1) is 6.07 Å². The summed E-state index contributed by atoms with van der Waals surface area (Å²) in [6.45, 7) is 8.31. The van der Waals surface area contributed by atoms with Crippen LogP contribution >= 0.6 is 0 Å². The van der Waals surface area contributed by atoms with Crippen LogP contribution < -0.4 is 11.3 Å². The molecule has 16 heavy (non-hydrogen) atoms. The van der Waals surface area contributed by atoms with Crippen molar-refractivity contribution < 1.29 is 4.79 Å². The van der Waals surface area contributed by atoms with Crippen molar-refractivity contribution in [3.8, 4) is 6.07 Å². The number of carbonyl (C=O) groups is 1. The minimum atomic E-state index is -0.161. The molecule has 0 aliphatic carbocycles. The number of nitrogens with one attached hydrogen (secondary N) is 1. The Morgan fingerprint density at radius 2 is 2.06 bits per heavy atom. The van der Waals surface area contributed by atoms with Gasteiger partial charge in [0, 0.05) is 32.0 Å². The van der Waals surface area contributed by atoms with E-state index in [0.29, 0.717) is 25.4 Å². The van der Waals surface area contributed by atoms with Crippen LogP contribution in [0.25, 0.3) is 0 Å². The molecule has 1 atom stereocenters. The quantitative estimate of drug-likeness (QED) is 0.376. The number of carbonyl (C=O) groups excluding carboxylic acids is 1. The fourth-order valence-electron chi connectivity index (χ4n) is 1.59. The molecule has 0 radical (unpaired) electrons. The summed E-state index contributed by atoms with van der Waals surface area (Å²) in [7, 11) is 0. The number of nitriles is 1. The zero-order chi connectivity index (χ0) is 12.6. The first-order valence-electron chi connectivity index (χ1n) is 5.61. The molecule has 0 heterocycles. The van der Waals surface area contributed by atoms with Crippen LogP contribution in [-0.4, -0.2) is 30.4 Å². The lowest BCUT2D eigenvalue weighted by molar-refractivity contribution is -0.125. The number of nitrogens with two attached hydrogens (primary N) is 1. The third-order valence-electron chi connectivity index (χ3n) is 2.29. The largest absolute Gasteiger partial charge is 0.301 e. The average Bonchev–Trinajstić information content (AvgIpc) is 2.23. The fourth-order valence-corrected chi connectivity index (χ4v) is 1.59. The van der Waals surface area contributed by atoms with Gasteiger partial charge in [-0.15, -0.1) is 0 Å². The van der Waals surface area contributed by atoms with Gasteiger partial charge in [-0.2, -0.15) is 5.26 Å². The van der Waals surface area contributed by atoms with E-state index in [1.54, 1.807) is 0 Å². The number of hydrazine groups is 1. The van der Waals surface area contributed by atoms with Gasteiger partial charge >= 0.3 is 0 Å². The van der Waals surface area contributed by atoms with Crippen molar-refractivity contribution in [1.29, 1.82) is 5.26 Å². The van der Waals surface area contributed by atoms with Crippen LogP contribution in [0.2, 0.25) is 0 Å². The second kappa shape index (κ2) is 8.08. The minimum Gasteiger partial charge on any atom is -0.301 e. The van der Waals surface area contributed by atoms with Crippen LogP contribution in [0.4, 0.5) is 0 Å². The summed E-state index contributed by atoms with van der Waals surface area (Å²) in [5, 5.41) is 8.56. The monoisotopic (exact) mass is 226 g/mol. The van der Waals surface area contributed by atoms with Crippen molar-refractivity contribution in [2.45, 2.75) is 27.2 Å². The summed E-state index contributed by atoms with van der Waals surface area (Å²) in [5.74, 6) is 5.29. The molecule has 1 unspecified atom stereocenters. The Morgan fingerprint density at radius 3 is 2.50 bits per heavy atom. The van der Waals surface area contributed by atoms with Crippen molar-refractivity contribution in [1.82, 2.24) is 10.3 Å². The molecule has 0 bridgehead atoms. The number of rotatable bonds is 7.